The van der Waals surface area contributed by atoms with E-state index in [1.54, 1.807) is 0 Å². The first-order chi connectivity index (χ1) is 14.6. The normalized spacial score (nSPS) is 11.8. The van der Waals surface area contributed by atoms with Gasteiger partial charge in [0.05, 0.1) is 16.5 Å². The van der Waals surface area contributed by atoms with Crippen LogP contribution in [-0.4, -0.2) is 20.7 Å². The largest absolute Gasteiger partial charge is 0.507 e. The third kappa shape index (κ3) is 3.48. The predicted octanol–water partition coefficient (Wildman–Crippen LogP) is 6.00. The molecule has 1 aromatic heterocycles. The Bertz CT molecular complexity index is 1310. The van der Waals surface area contributed by atoms with Crippen LogP contribution in [0.3, 0.4) is 0 Å². The summed E-state index contributed by atoms with van der Waals surface area (Å²) in [6.45, 7) is 0. The molecule has 0 unspecified atom stereocenters. The lowest BCUT2D eigenvalue weighted by Crippen LogP contribution is -2.13. The highest BCUT2D eigenvalue weighted by molar-refractivity contribution is 6.03. The van der Waals surface area contributed by atoms with Gasteiger partial charge in [0.25, 0.3) is 0 Å². The smallest absolute Gasteiger partial charge is 0.432 e. The van der Waals surface area contributed by atoms with E-state index in [9.17, 15) is 31.9 Å². The molecule has 4 nitrogen and oxygen atoms in total. The molecule has 4 rings (SSSR count). The fourth-order valence-corrected chi connectivity index (χ4v) is 3.55. The second kappa shape index (κ2) is 7.12. The van der Waals surface area contributed by atoms with Crippen LogP contribution in [0.25, 0.3) is 27.7 Å². The number of hydrogen-bond donors (Lipinski definition) is 2. The minimum Gasteiger partial charge on any atom is -0.507 e. The van der Waals surface area contributed by atoms with E-state index < -0.39 is 40.8 Å². The molecule has 0 saturated heterocycles. The summed E-state index contributed by atoms with van der Waals surface area (Å²) in [6, 6.07) is 10.2. The molecule has 4 aromatic rings. The molecule has 0 saturated carbocycles. The summed E-state index contributed by atoms with van der Waals surface area (Å²) in [5.41, 5.74) is -2.25. The second-order valence-electron chi connectivity index (χ2n) is 6.73. The standard InChI is InChI=1S/C22H12F5NO3/c23-13-5-7-15(8-6-13)28-16-9-14(24)10-17(29)19(16)18(20(28)22(25,26)27)11-1-3-12(4-2-11)21(30)31/h1-10,29H,(H,30,31). The van der Waals surface area contributed by atoms with Crippen LogP contribution in [0.2, 0.25) is 0 Å². The van der Waals surface area contributed by atoms with Crippen LogP contribution in [0.5, 0.6) is 5.75 Å². The molecule has 0 bridgehead atoms. The van der Waals surface area contributed by atoms with E-state index in [0.29, 0.717) is 10.6 Å². The summed E-state index contributed by atoms with van der Waals surface area (Å²) >= 11 is 0. The monoisotopic (exact) mass is 433 g/mol. The molecule has 0 atom stereocenters. The lowest BCUT2D eigenvalue weighted by molar-refractivity contribution is -0.141. The first-order valence-corrected chi connectivity index (χ1v) is 8.81. The van der Waals surface area contributed by atoms with Crippen molar-refractivity contribution in [1.82, 2.24) is 4.57 Å². The number of aromatic nitrogens is 1. The highest BCUT2D eigenvalue weighted by atomic mass is 19.4. The maximum atomic E-state index is 14.3. The molecular weight excluding hydrogens is 421 g/mol. The number of carbonyl (C=O) groups is 1. The van der Waals surface area contributed by atoms with Crippen LogP contribution in [0.1, 0.15) is 16.1 Å². The van der Waals surface area contributed by atoms with E-state index in [2.05, 4.69) is 0 Å². The zero-order valence-electron chi connectivity index (χ0n) is 15.4. The summed E-state index contributed by atoms with van der Waals surface area (Å²) in [6.07, 6.45) is -4.96. The van der Waals surface area contributed by atoms with Gasteiger partial charge in [-0.25, -0.2) is 13.6 Å². The molecule has 0 amide bonds. The molecular formula is C22H12F5NO3. The number of alkyl halides is 3. The Morgan fingerprint density at radius 1 is 0.871 bits per heavy atom. The number of rotatable bonds is 3. The van der Waals surface area contributed by atoms with Gasteiger partial charge in [0, 0.05) is 17.3 Å². The van der Waals surface area contributed by atoms with Gasteiger partial charge < -0.3 is 14.8 Å². The van der Waals surface area contributed by atoms with Crippen LogP contribution in [0.15, 0.2) is 60.7 Å². The highest BCUT2D eigenvalue weighted by Gasteiger charge is 2.41. The molecule has 0 spiro atoms. The van der Waals surface area contributed by atoms with E-state index in [-0.39, 0.29) is 27.7 Å². The molecule has 0 fully saturated rings. The van der Waals surface area contributed by atoms with Gasteiger partial charge >= 0.3 is 12.1 Å². The summed E-state index contributed by atoms with van der Waals surface area (Å²) in [5, 5.41) is 19.1. The van der Waals surface area contributed by atoms with E-state index in [1.165, 1.54) is 12.1 Å². The van der Waals surface area contributed by atoms with E-state index in [1.807, 2.05) is 0 Å². The van der Waals surface area contributed by atoms with Gasteiger partial charge in [-0.1, -0.05) is 12.1 Å². The molecule has 0 aliphatic carbocycles. The summed E-state index contributed by atoms with van der Waals surface area (Å²) in [4.78, 5) is 11.1. The maximum absolute atomic E-state index is 14.3. The number of nitrogens with zero attached hydrogens (tertiary/aromatic N) is 1. The Morgan fingerprint density at radius 3 is 2.03 bits per heavy atom. The van der Waals surface area contributed by atoms with E-state index in [0.717, 1.165) is 42.5 Å². The number of carboxylic acid groups (broad SMARTS) is 1. The first kappa shape index (κ1) is 20.4. The fourth-order valence-electron chi connectivity index (χ4n) is 3.55. The van der Waals surface area contributed by atoms with Crippen molar-refractivity contribution in [1.29, 1.82) is 0 Å². The average Bonchev–Trinajstić information content (AvgIpc) is 3.04. The number of carboxylic acids is 1. The molecule has 1 heterocycles. The SMILES string of the molecule is O=C(O)c1ccc(-c2c(C(F)(F)F)n(-c3ccc(F)cc3)c3cc(F)cc(O)c23)cc1. The van der Waals surface area contributed by atoms with Crippen molar-refractivity contribution in [3.63, 3.8) is 0 Å². The van der Waals surface area contributed by atoms with Gasteiger partial charge in [-0.15, -0.1) is 0 Å². The molecule has 0 aliphatic heterocycles. The van der Waals surface area contributed by atoms with Crippen molar-refractivity contribution < 1.29 is 37.0 Å². The molecule has 2 N–H and O–H groups in total. The van der Waals surface area contributed by atoms with Crippen LogP contribution < -0.4 is 0 Å². The zero-order chi connectivity index (χ0) is 22.5. The Hall–Kier alpha value is -3.88. The lowest BCUT2D eigenvalue weighted by atomic mass is 9.99. The Balaban J connectivity index is 2.17. The van der Waals surface area contributed by atoms with E-state index in [4.69, 9.17) is 5.11 Å². The number of halogens is 5. The number of phenolic OH excluding ortho intramolecular Hbond substituents is 1. The van der Waals surface area contributed by atoms with Gasteiger partial charge in [-0.05, 0) is 48.0 Å². The van der Waals surface area contributed by atoms with Crippen LogP contribution in [0, 0.1) is 11.6 Å². The minimum atomic E-state index is -4.96. The molecule has 158 valence electrons. The van der Waals surface area contributed by atoms with Gasteiger partial charge in [-0.2, -0.15) is 13.2 Å². The Morgan fingerprint density at radius 2 is 1.48 bits per heavy atom. The van der Waals surface area contributed by atoms with Crippen molar-refractivity contribution in [2.75, 3.05) is 0 Å². The molecule has 0 radical (unpaired) electrons. The first-order valence-electron chi connectivity index (χ1n) is 8.81. The summed E-state index contributed by atoms with van der Waals surface area (Å²) < 4.78 is 70.9. The van der Waals surface area contributed by atoms with Crippen molar-refractivity contribution in [3.05, 3.63) is 83.6 Å². The molecule has 9 heteroatoms. The third-order valence-electron chi connectivity index (χ3n) is 4.79. The Labute approximate surface area is 171 Å². The molecule has 0 aliphatic rings. The van der Waals surface area contributed by atoms with E-state index >= 15 is 0 Å². The van der Waals surface area contributed by atoms with Crippen LogP contribution in [0.4, 0.5) is 22.0 Å². The number of aromatic carboxylic acids is 1. The predicted molar refractivity (Wildman–Crippen MR) is 102 cm³/mol. The lowest BCUT2D eigenvalue weighted by Gasteiger charge is -2.15. The minimum absolute atomic E-state index is 0.0369. The van der Waals surface area contributed by atoms with Gasteiger partial charge in [-0.3, -0.25) is 0 Å². The molecule has 3 aromatic carbocycles. The Kier molecular flexibility index (Phi) is 4.68. The van der Waals surface area contributed by atoms with Gasteiger partial charge in [0.2, 0.25) is 0 Å². The molecule has 31 heavy (non-hydrogen) atoms. The maximum Gasteiger partial charge on any atom is 0.432 e. The topological polar surface area (TPSA) is 62.5 Å². The number of benzene rings is 3. The van der Waals surface area contributed by atoms with Crippen molar-refractivity contribution in [2.45, 2.75) is 6.18 Å². The number of hydrogen-bond acceptors (Lipinski definition) is 2. The van der Waals surface area contributed by atoms with Crippen molar-refractivity contribution in [3.8, 4) is 22.6 Å². The second-order valence-corrected chi connectivity index (χ2v) is 6.73. The summed E-state index contributed by atoms with van der Waals surface area (Å²) in [5.74, 6) is -3.63. The van der Waals surface area contributed by atoms with Crippen molar-refractivity contribution in [2.24, 2.45) is 0 Å². The van der Waals surface area contributed by atoms with Crippen molar-refractivity contribution >= 4 is 16.9 Å². The number of fused-ring (bicyclic) bond motifs is 1. The van der Waals surface area contributed by atoms with Crippen LogP contribution in [-0.2, 0) is 6.18 Å². The number of phenols is 1. The van der Waals surface area contributed by atoms with Crippen LogP contribution >= 0.6 is 0 Å². The number of aromatic hydroxyl groups is 1. The summed E-state index contributed by atoms with van der Waals surface area (Å²) in [7, 11) is 0. The van der Waals surface area contributed by atoms with Gasteiger partial charge in [0.1, 0.15) is 23.1 Å². The zero-order valence-corrected chi connectivity index (χ0v) is 15.4. The third-order valence-corrected chi connectivity index (χ3v) is 4.79. The quantitative estimate of drug-likeness (QED) is 0.390. The fraction of sp³-hybridized carbons (Fsp3) is 0.0455. The van der Waals surface area contributed by atoms with Gasteiger partial charge in [0.15, 0.2) is 0 Å². The highest BCUT2D eigenvalue weighted by Crippen LogP contribution is 2.47. The average molecular weight is 433 g/mol.